The van der Waals surface area contributed by atoms with Gasteiger partial charge in [0.25, 0.3) is 0 Å². The third-order valence-corrected chi connectivity index (χ3v) is 4.73. The normalized spacial score (nSPS) is 16.9. The van der Waals surface area contributed by atoms with Gasteiger partial charge in [-0.15, -0.1) is 0 Å². The number of rotatable bonds is 4. The highest BCUT2D eigenvalue weighted by atomic mass is 16.6. The summed E-state index contributed by atoms with van der Waals surface area (Å²) in [6.45, 7) is 4.51. The van der Waals surface area contributed by atoms with E-state index >= 15 is 0 Å². The Hall–Kier alpha value is -2.62. The van der Waals surface area contributed by atoms with Gasteiger partial charge in [0.2, 0.25) is 0 Å². The second-order valence-electron chi connectivity index (χ2n) is 7.02. The molecule has 25 heavy (non-hydrogen) atoms. The van der Waals surface area contributed by atoms with Crippen LogP contribution in [0.25, 0.3) is 0 Å². The summed E-state index contributed by atoms with van der Waals surface area (Å²) in [6, 6.07) is 17.3. The van der Waals surface area contributed by atoms with Crippen LogP contribution in [0.1, 0.15) is 36.6 Å². The van der Waals surface area contributed by atoms with Crippen LogP contribution in [0, 0.1) is 5.41 Å². The maximum Gasteiger partial charge on any atom is 0.410 e. The number of ether oxygens (including phenoxy) is 1. The highest BCUT2D eigenvalue weighted by Crippen LogP contribution is 2.41. The van der Waals surface area contributed by atoms with Gasteiger partial charge in [-0.05, 0) is 23.1 Å². The maximum atomic E-state index is 12.7. The van der Waals surface area contributed by atoms with Crippen molar-refractivity contribution in [1.82, 2.24) is 4.90 Å². The Labute approximate surface area is 148 Å². The van der Waals surface area contributed by atoms with Crippen LogP contribution in [0.5, 0.6) is 0 Å². The van der Waals surface area contributed by atoms with Gasteiger partial charge in [-0.2, -0.15) is 0 Å². The molecule has 4 nitrogen and oxygen atoms in total. The lowest BCUT2D eigenvalue weighted by molar-refractivity contribution is -0.118. The van der Waals surface area contributed by atoms with E-state index in [0.717, 1.165) is 23.8 Å². The zero-order valence-corrected chi connectivity index (χ0v) is 14.6. The van der Waals surface area contributed by atoms with E-state index in [9.17, 15) is 9.59 Å². The first-order valence-corrected chi connectivity index (χ1v) is 8.54. The molecule has 1 aliphatic rings. The van der Waals surface area contributed by atoms with Gasteiger partial charge in [0, 0.05) is 12.0 Å². The summed E-state index contributed by atoms with van der Waals surface area (Å²) in [7, 11) is 0. The number of hydrogen-bond donors (Lipinski definition) is 0. The van der Waals surface area contributed by atoms with Crippen LogP contribution in [0.3, 0.4) is 0 Å². The molecule has 0 spiro atoms. The van der Waals surface area contributed by atoms with E-state index in [1.807, 2.05) is 62.4 Å². The molecule has 0 aliphatic carbocycles. The fraction of sp³-hybridized carbons (Fsp3) is 0.333. The molecular weight excluding hydrogens is 314 g/mol. The molecule has 0 radical (unpaired) electrons. The maximum absolute atomic E-state index is 12.7. The minimum atomic E-state index is -0.692. The molecule has 130 valence electrons. The highest BCUT2D eigenvalue weighted by molar-refractivity contribution is 5.71. The van der Waals surface area contributed by atoms with Crippen molar-refractivity contribution in [3.63, 3.8) is 0 Å². The predicted molar refractivity (Wildman–Crippen MR) is 96.1 cm³/mol. The van der Waals surface area contributed by atoms with E-state index < -0.39 is 5.41 Å². The van der Waals surface area contributed by atoms with Gasteiger partial charge in [-0.1, -0.05) is 68.4 Å². The summed E-state index contributed by atoms with van der Waals surface area (Å²) in [5.41, 5.74) is 2.47. The summed E-state index contributed by atoms with van der Waals surface area (Å²) >= 11 is 0. The first kappa shape index (κ1) is 17.2. The Morgan fingerprint density at radius 2 is 1.84 bits per heavy atom. The van der Waals surface area contributed by atoms with Crippen LogP contribution < -0.4 is 0 Å². The predicted octanol–water partition coefficient (Wildman–Crippen LogP) is 4.15. The molecule has 1 amide bonds. The molecule has 1 atom stereocenters. The Kier molecular flexibility index (Phi) is 4.88. The number of amides is 1. The van der Waals surface area contributed by atoms with Crippen LogP contribution in [-0.4, -0.2) is 23.8 Å². The zero-order valence-electron chi connectivity index (χ0n) is 14.6. The lowest BCUT2D eigenvalue weighted by atomic mass is 9.77. The van der Waals surface area contributed by atoms with Crippen molar-refractivity contribution in [3.05, 3.63) is 71.3 Å². The van der Waals surface area contributed by atoms with Gasteiger partial charge < -0.3 is 9.53 Å². The van der Waals surface area contributed by atoms with Crippen molar-refractivity contribution < 1.29 is 14.3 Å². The molecule has 1 heterocycles. The molecule has 0 bridgehead atoms. The van der Waals surface area contributed by atoms with Crippen molar-refractivity contribution in [2.75, 3.05) is 6.54 Å². The highest BCUT2D eigenvalue weighted by Gasteiger charge is 2.41. The molecule has 4 heteroatoms. The molecule has 1 unspecified atom stereocenters. The van der Waals surface area contributed by atoms with Crippen molar-refractivity contribution >= 4 is 12.4 Å². The standard InChI is InChI=1S/C21H23NO3/c1-21(2,15-23)19-18-11-7-6-10-17(18)12-13-22(19)20(24)25-14-16-8-4-3-5-9-16/h3-11,15,19H,12-14H2,1-2H3. The quantitative estimate of drug-likeness (QED) is 0.788. The average molecular weight is 337 g/mol. The molecule has 0 aromatic heterocycles. The molecule has 2 aromatic carbocycles. The van der Waals surface area contributed by atoms with Gasteiger partial charge in [-0.3, -0.25) is 4.90 Å². The lowest BCUT2D eigenvalue weighted by Crippen LogP contribution is -2.46. The molecule has 0 saturated carbocycles. The number of carbonyl (C=O) groups is 2. The first-order chi connectivity index (χ1) is 12.0. The number of benzene rings is 2. The first-order valence-electron chi connectivity index (χ1n) is 8.54. The minimum Gasteiger partial charge on any atom is -0.445 e. The number of fused-ring (bicyclic) bond motifs is 1. The van der Waals surface area contributed by atoms with Crippen LogP contribution in [0.4, 0.5) is 4.79 Å². The zero-order chi connectivity index (χ0) is 17.9. The van der Waals surface area contributed by atoms with E-state index in [4.69, 9.17) is 4.74 Å². The van der Waals surface area contributed by atoms with Crippen molar-refractivity contribution in [2.24, 2.45) is 5.41 Å². The third kappa shape index (κ3) is 3.58. The topological polar surface area (TPSA) is 46.6 Å². The second-order valence-corrected chi connectivity index (χ2v) is 7.02. The van der Waals surface area contributed by atoms with Gasteiger partial charge in [0.05, 0.1) is 6.04 Å². The van der Waals surface area contributed by atoms with Crippen LogP contribution >= 0.6 is 0 Å². The lowest BCUT2D eigenvalue weighted by Gasteiger charge is -2.42. The number of aldehydes is 1. The SMILES string of the molecule is CC(C)(C=O)C1c2ccccc2CCN1C(=O)OCc1ccccc1. The van der Waals surface area contributed by atoms with Crippen molar-refractivity contribution in [2.45, 2.75) is 32.9 Å². The summed E-state index contributed by atoms with van der Waals surface area (Å²) < 4.78 is 5.52. The van der Waals surface area contributed by atoms with E-state index in [2.05, 4.69) is 6.07 Å². The number of nitrogens with zero attached hydrogens (tertiary/aromatic N) is 1. The van der Waals surface area contributed by atoms with Crippen LogP contribution in [0.2, 0.25) is 0 Å². The minimum absolute atomic E-state index is 0.228. The van der Waals surface area contributed by atoms with E-state index in [0.29, 0.717) is 6.54 Å². The molecular formula is C21H23NO3. The van der Waals surface area contributed by atoms with E-state index in [1.54, 1.807) is 4.90 Å². The summed E-state index contributed by atoms with van der Waals surface area (Å²) in [5.74, 6) is 0. The Morgan fingerprint density at radius 1 is 1.16 bits per heavy atom. The molecule has 0 N–H and O–H groups in total. The Bertz CT molecular complexity index is 755. The van der Waals surface area contributed by atoms with E-state index in [-0.39, 0.29) is 18.7 Å². The number of hydrogen-bond acceptors (Lipinski definition) is 3. The van der Waals surface area contributed by atoms with Crippen LogP contribution in [-0.2, 0) is 22.6 Å². The molecule has 2 aromatic rings. The average Bonchev–Trinajstić information content (AvgIpc) is 2.66. The van der Waals surface area contributed by atoms with Crippen molar-refractivity contribution in [3.8, 4) is 0 Å². The van der Waals surface area contributed by atoms with Crippen molar-refractivity contribution in [1.29, 1.82) is 0 Å². The second kappa shape index (κ2) is 7.09. The monoisotopic (exact) mass is 337 g/mol. The largest absolute Gasteiger partial charge is 0.445 e. The smallest absolute Gasteiger partial charge is 0.410 e. The van der Waals surface area contributed by atoms with Crippen LogP contribution in [0.15, 0.2) is 54.6 Å². The summed E-state index contributed by atoms with van der Waals surface area (Å²) in [6.07, 6.45) is 1.32. The van der Waals surface area contributed by atoms with Gasteiger partial charge in [0.1, 0.15) is 12.9 Å². The summed E-state index contributed by atoms with van der Waals surface area (Å²) in [4.78, 5) is 26.1. The summed E-state index contributed by atoms with van der Waals surface area (Å²) in [5, 5.41) is 0. The molecule has 3 rings (SSSR count). The number of carbonyl (C=O) groups excluding carboxylic acids is 2. The van der Waals surface area contributed by atoms with E-state index in [1.165, 1.54) is 5.56 Å². The molecule has 1 aliphatic heterocycles. The van der Waals surface area contributed by atoms with Gasteiger partial charge in [-0.25, -0.2) is 4.79 Å². The van der Waals surface area contributed by atoms with Gasteiger partial charge >= 0.3 is 6.09 Å². The fourth-order valence-electron chi connectivity index (χ4n) is 3.43. The van der Waals surface area contributed by atoms with Gasteiger partial charge in [0.15, 0.2) is 0 Å². The Balaban J connectivity index is 1.84. The molecule has 0 fully saturated rings. The third-order valence-electron chi connectivity index (χ3n) is 4.73. The fourth-order valence-corrected chi connectivity index (χ4v) is 3.43. The Morgan fingerprint density at radius 3 is 2.56 bits per heavy atom. The molecule has 0 saturated heterocycles.